The Kier molecular flexibility index (Phi) is 7.33. The van der Waals surface area contributed by atoms with E-state index in [-0.39, 0.29) is 23.1 Å². The second-order valence-corrected chi connectivity index (χ2v) is 10.1. The number of nitrogens with one attached hydrogen (secondary N) is 2. The largest absolute Gasteiger partial charge is 0.496 e. The number of anilines is 2. The number of ether oxygens (including phenoxy) is 1. The van der Waals surface area contributed by atoms with Crippen molar-refractivity contribution < 1.29 is 18.7 Å². The molecule has 0 aromatic heterocycles. The molecule has 0 atom stereocenters. The number of carbonyl (C=O) groups excluding carboxylic acids is 2. The molecular weight excluding hydrogens is 483 g/mol. The third kappa shape index (κ3) is 5.36. The van der Waals surface area contributed by atoms with Gasteiger partial charge in [0.1, 0.15) is 11.6 Å². The smallest absolute Gasteiger partial charge is 0.259 e. The second-order valence-electron chi connectivity index (χ2n) is 10.1. The molecule has 1 heterocycles. The number of methoxy groups -OCH3 is 1. The number of hydrogen-bond acceptors (Lipinski definition) is 5. The molecule has 1 aliphatic heterocycles. The van der Waals surface area contributed by atoms with Crippen LogP contribution in [0, 0.1) is 5.82 Å². The molecule has 38 heavy (non-hydrogen) atoms. The average Bonchev–Trinajstić information content (AvgIpc) is 2.91. The Balaban J connectivity index is 1.24. The third-order valence-electron chi connectivity index (χ3n) is 7.66. The number of halogens is 1. The molecule has 3 aromatic rings. The molecule has 2 amide bonds. The van der Waals surface area contributed by atoms with E-state index < -0.39 is 11.4 Å². The van der Waals surface area contributed by atoms with E-state index in [9.17, 15) is 14.0 Å². The van der Waals surface area contributed by atoms with Gasteiger partial charge in [-0.25, -0.2) is 4.39 Å². The quantitative estimate of drug-likeness (QED) is 0.478. The third-order valence-corrected chi connectivity index (χ3v) is 7.66. The van der Waals surface area contributed by atoms with Crippen LogP contribution in [0.5, 0.6) is 5.75 Å². The molecule has 198 valence electrons. The summed E-state index contributed by atoms with van der Waals surface area (Å²) in [5, 5.41) is 6.11. The van der Waals surface area contributed by atoms with Gasteiger partial charge in [0.2, 0.25) is 0 Å². The Labute approximate surface area is 222 Å². The summed E-state index contributed by atoms with van der Waals surface area (Å²) in [6.45, 7) is 4.04. The van der Waals surface area contributed by atoms with Crippen LogP contribution in [0.3, 0.4) is 0 Å². The molecule has 2 aliphatic rings. The highest BCUT2D eigenvalue weighted by Gasteiger charge is 2.40. The van der Waals surface area contributed by atoms with E-state index in [0.717, 1.165) is 56.7 Å². The molecule has 1 saturated heterocycles. The maximum Gasteiger partial charge on any atom is 0.259 e. The van der Waals surface area contributed by atoms with E-state index in [0.29, 0.717) is 11.3 Å². The Morgan fingerprint density at radius 2 is 1.58 bits per heavy atom. The maximum atomic E-state index is 13.5. The zero-order valence-corrected chi connectivity index (χ0v) is 21.8. The SMILES string of the molecule is COc1cc(F)ccc1C(=O)Nc1ccc(C2(NC(=O)c3ccc(N4CCN(C)CC4)cc3)CCC2)cc1. The molecule has 2 N–H and O–H groups in total. The summed E-state index contributed by atoms with van der Waals surface area (Å²) in [6, 6.07) is 19.2. The highest BCUT2D eigenvalue weighted by atomic mass is 19.1. The summed E-state index contributed by atoms with van der Waals surface area (Å²) in [5.74, 6) is -0.773. The van der Waals surface area contributed by atoms with Gasteiger partial charge in [0.25, 0.3) is 11.8 Å². The molecular formula is C30H33FN4O3. The standard InChI is InChI=1S/C30H33FN4O3/c1-34-16-18-35(19-17-34)25-11-4-21(5-12-25)28(36)33-30(14-3-15-30)22-6-9-24(10-7-22)32-29(37)26-13-8-23(31)20-27(26)38-2/h4-13,20H,3,14-19H2,1-2H3,(H,32,37)(H,33,36). The van der Waals surface area contributed by atoms with E-state index >= 15 is 0 Å². The molecule has 1 aliphatic carbocycles. The van der Waals surface area contributed by atoms with Crippen LogP contribution in [-0.4, -0.2) is 57.1 Å². The predicted molar refractivity (Wildman–Crippen MR) is 146 cm³/mol. The molecule has 1 saturated carbocycles. The van der Waals surface area contributed by atoms with Crippen LogP contribution >= 0.6 is 0 Å². The lowest BCUT2D eigenvalue weighted by molar-refractivity contribution is 0.0823. The lowest BCUT2D eigenvalue weighted by Crippen LogP contribution is -2.50. The van der Waals surface area contributed by atoms with E-state index in [2.05, 4.69) is 27.5 Å². The summed E-state index contributed by atoms with van der Waals surface area (Å²) >= 11 is 0. The first-order valence-corrected chi connectivity index (χ1v) is 13.0. The van der Waals surface area contributed by atoms with Gasteiger partial charge in [-0.2, -0.15) is 0 Å². The van der Waals surface area contributed by atoms with Crippen LogP contribution in [0.2, 0.25) is 0 Å². The fourth-order valence-corrected chi connectivity index (χ4v) is 5.12. The number of rotatable bonds is 7. The van der Waals surface area contributed by atoms with E-state index in [1.165, 1.54) is 25.3 Å². The Morgan fingerprint density at radius 3 is 2.18 bits per heavy atom. The first-order chi connectivity index (χ1) is 18.4. The van der Waals surface area contributed by atoms with Crippen molar-refractivity contribution in [3.8, 4) is 5.75 Å². The highest BCUT2D eigenvalue weighted by Crippen LogP contribution is 2.42. The summed E-state index contributed by atoms with van der Waals surface area (Å²) in [6.07, 6.45) is 2.75. The van der Waals surface area contributed by atoms with Crippen molar-refractivity contribution in [1.82, 2.24) is 10.2 Å². The lowest BCUT2D eigenvalue weighted by atomic mass is 9.71. The van der Waals surface area contributed by atoms with Gasteiger partial charge in [0, 0.05) is 49.2 Å². The number of nitrogens with zero attached hydrogens (tertiary/aromatic N) is 2. The molecule has 0 radical (unpaired) electrons. The van der Waals surface area contributed by atoms with Gasteiger partial charge in [-0.15, -0.1) is 0 Å². The van der Waals surface area contributed by atoms with Crippen molar-refractivity contribution in [1.29, 1.82) is 0 Å². The zero-order chi connectivity index (χ0) is 26.7. The molecule has 7 nitrogen and oxygen atoms in total. The Hall–Kier alpha value is -3.91. The van der Waals surface area contributed by atoms with E-state index in [1.54, 1.807) is 0 Å². The average molecular weight is 517 g/mol. The first kappa shape index (κ1) is 25.7. The number of hydrogen-bond donors (Lipinski definition) is 2. The van der Waals surface area contributed by atoms with Gasteiger partial charge in [-0.05, 0) is 80.4 Å². The maximum absolute atomic E-state index is 13.5. The van der Waals surface area contributed by atoms with Crippen molar-refractivity contribution in [2.45, 2.75) is 24.8 Å². The molecule has 3 aromatic carbocycles. The minimum atomic E-state index is -0.471. The van der Waals surface area contributed by atoms with Crippen molar-refractivity contribution >= 4 is 23.2 Å². The van der Waals surface area contributed by atoms with Gasteiger partial charge in [-0.3, -0.25) is 9.59 Å². The van der Waals surface area contributed by atoms with E-state index in [1.807, 2.05) is 48.5 Å². The Bertz CT molecular complexity index is 1300. The van der Waals surface area contributed by atoms with E-state index in [4.69, 9.17) is 4.74 Å². The summed E-state index contributed by atoms with van der Waals surface area (Å²) < 4.78 is 18.6. The monoisotopic (exact) mass is 516 g/mol. The van der Waals surface area contributed by atoms with Crippen LogP contribution in [0.1, 0.15) is 45.5 Å². The van der Waals surface area contributed by atoms with Crippen LogP contribution in [0.4, 0.5) is 15.8 Å². The highest BCUT2D eigenvalue weighted by molar-refractivity contribution is 6.06. The molecule has 0 unspecified atom stereocenters. The summed E-state index contributed by atoms with van der Waals surface area (Å²) in [5.41, 5.74) is 3.22. The van der Waals surface area contributed by atoms with Gasteiger partial charge in [0.15, 0.2) is 0 Å². The van der Waals surface area contributed by atoms with Crippen LogP contribution in [0.15, 0.2) is 66.7 Å². The fraction of sp³-hybridized carbons (Fsp3) is 0.333. The summed E-state index contributed by atoms with van der Waals surface area (Å²) in [4.78, 5) is 30.6. The number of amides is 2. The normalized spacial score (nSPS) is 16.9. The van der Waals surface area contributed by atoms with Gasteiger partial charge in [-0.1, -0.05) is 12.1 Å². The van der Waals surface area contributed by atoms with Crippen molar-refractivity contribution in [3.05, 3.63) is 89.2 Å². The number of likely N-dealkylation sites (N-methyl/N-ethyl adjacent to an activating group) is 1. The first-order valence-electron chi connectivity index (χ1n) is 13.0. The minimum absolute atomic E-state index is 0.0876. The van der Waals surface area contributed by atoms with Gasteiger partial charge >= 0.3 is 0 Å². The topological polar surface area (TPSA) is 73.9 Å². The molecule has 0 bridgehead atoms. The molecule has 5 rings (SSSR count). The van der Waals surface area contributed by atoms with Crippen molar-refractivity contribution in [3.63, 3.8) is 0 Å². The number of carbonyl (C=O) groups is 2. The number of benzene rings is 3. The fourth-order valence-electron chi connectivity index (χ4n) is 5.12. The van der Waals surface area contributed by atoms with Crippen molar-refractivity contribution in [2.24, 2.45) is 0 Å². The molecule has 2 fully saturated rings. The van der Waals surface area contributed by atoms with Crippen LogP contribution in [0.25, 0.3) is 0 Å². The summed E-state index contributed by atoms with van der Waals surface area (Å²) in [7, 11) is 3.53. The molecule has 8 heteroatoms. The van der Waals surface area contributed by atoms with Gasteiger partial charge < -0.3 is 25.2 Å². The van der Waals surface area contributed by atoms with Gasteiger partial charge in [0.05, 0.1) is 18.2 Å². The van der Waals surface area contributed by atoms with Crippen molar-refractivity contribution in [2.75, 3.05) is 50.6 Å². The predicted octanol–water partition coefficient (Wildman–Crippen LogP) is 4.65. The Morgan fingerprint density at radius 1 is 0.895 bits per heavy atom. The lowest BCUT2D eigenvalue weighted by Gasteiger charge is -2.43. The number of piperazine rings is 1. The van der Waals surface area contributed by atoms with Crippen LogP contribution < -0.4 is 20.3 Å². The van der Waals surface area contributed by atoms with Crippen LogP contribution in [-0.2, 0) is 5.54 Å². The second kappa shape index (κ2) is 10.8. The molecule has 0 spiro atoms. The zero-order valence-electron chi connectivity index (χ0n) is 21.8. The minimum Gasteiger partial charge on any atom is -0.496 e.